The van der Waals surface area contributed by atoms with Gasteiger partial charge in [-0.05, 0) is 55.5 Å². The smallest absolute Gasteiger partial charge is 0.235 e. The van der Waals surface area contributed by atoms with Gasteiger partial charge in [0.15, 0.2) is 0 Å². The highest BCUT2D eigenvalue weighted by Crippen LogP contribution is 2.32. The van der Waals surface area contributed by atoms with Gasteiger partial charge in [0.1, 0.15) is 0 Å². The van der Waals surface area contributed by atoms with Gasteiger partial charge in [0.25, 0.3) is 10.0 Å². The van der Waals surface area contributed by atoms with Crippen LogP contribution in [0.4, 0.5) is 11.4 Å². The Morgan fingerprint density at radius 2 is 1.29 bits per heavy atom. The minimum absolute atomic E-state index is 0.245. The van der Waals surface area contributed by atoms with Crippen molar-refractivity contribution in [3.05, 3.63) is 88.9 Å². The standard InChI is InChI=1S/C19H16BrNO2S/c1-15-7-11-18(12-8-15)21(17-5-3-2-4-6-17)24(22,23)19-13-9-16(20)10-14-19/h2-14H,1H3. The molecule has 24 heavy (non-hydrogen) atoms. The van der Waals surface area contributed by atoms with Crippen molar-refractivity contribution in [2.24, 2.45) is 0 Å². The van der Waals surface area contributed by atoms with Crippen LogP contribution in [0.15, 0.2) is 88.2 Å². The molecule has 3 aromatic carbocycles. The van der Waals surface area contributed by atoms with E-state index >= 15 is 0 Å². The summed E-state index contributed by atoms with van der Waals surface area (Å²) >= 11 is 3.34. The molecule has 0 atom stereocenters. The average Bonchev–Trinajstić information content (AvgIpc) is 2.58. The molecule has 3 aromatic rings. The molecule has 5 heteroatoms. The van der Waals surface area contributed by atoms with E-state index in [1.807, 2.05) is 49.4 Å². The number of benzene rings is 3. The Balaban J connectivity index is 2.17. The lowest BCUT2D eigenvalue weighted by Gasteiger charge is -2.24. The molecule has 0 aromatic heterocycles. The van der Waals surface area contributed by atoms with Crippen LogP contribution in [-0.4, -0.2) is 8.42 Å². The van der Waals surface area contributed by atoms with Gasteiger partial charge in [-0.3, -0.25) is 0 Å². The van der Waals surface area contributed by atoms with Gasteiger partial charge in [-0.2, -0.15) is 0 Å². The molecule has 0 saturated carbocycles. The maximum Gasteiger partial charge on any atom is 0.268 e. The molecule has 0 fully saturated rings. The molecule has 0 N–H and O–H groups in total. The van der Waals surface area contributed by atoms with Crippen molar-refractivity contribution in [1.29, 1.82) is 0 Å². The van der Waals surface area contributed by atoms with Gasteiger partial charge in [-0.15, -0.1) is 0 Å². The molecule has 0 bridgehead atoms. The SMILES string of the molecule is Cc1ccc(N(c2ccccc2)S(=O)(=O)c2ccc(Br)cc2)cc1. The van der Waals surface area contributed by atoms with E-state index in [9.17, 15) is 8.42 Å². The molecule has 0 unspecified atom stereocenters. The second kappa shape index (κ2) is 6.79. The second-order valence-corrected chi connectivity index (χ2v) is 8.10. The van der Waals surface area contributed by atoms with Gasteiger partial charge in [0.05, 0.1) is 16.3 Å². The lowest BCUT2D eigenvalue weighted by Crippen LogP contribution is -2.26. The first-order valence-electron chi connectivity index (χ1n) is 7.41. The summed E-state index contributed by atoms with van der Waals surface area (Å²) in [5.74, 6) is 0. The number of sulfonamides is 1. The van der Waals surface area contributed by atoms with Crippen LogP contribution < -0.4 is 4.31 Å². The van der Waals surface area contributed by atoms with Crippen LogP contribution in [0.2, 0.25) is 0 Å². The molecule has 0 aliphatic rings. The number of hydrogen-bond acceptors (Lipinski definition) is 2. The van der Waals surface area contributed by atoms with E-state index in [4.69, 9.17) is 0 Å². The summed E-state index contributed by atoms with van der Waals surface area (Å²) < 4.78 is 28.7. The fourth-order valence-corrected chi connectivity index (χ4v) is 4.14. The number of rotatable bonds is 4. The summed E-state index contributed by atoms with van der Waals surface area (Å²) in [6.45, 7) is 1.97. The number of hydrogen-bond donors (Lipinski definition) is 0. The maximum absolute atomic E-state index is 13.2. The van der Waals surface area contributed by atoms with Crippen molar-refractivity contribution in [3.8, 4) is 0 Å². The molecule has 0 radical (unpaired) electrons. The largest absolute Gasteiger partial charge is 0.268 e. The van der Waals surface area contributed by atoms with Gasteiger partial charge < -0.3 is 0 Å². The van der Waals surface area contributed by atoms with Crippen molar-refractivity contribution in [1.82, 2.24) is 0 Å². The Labute approximate surface area is 150 Å². The molecule has 0 amide bonds. The van der Waals surface area contributed by atoms with Gasteiger partial charge >= 0.3 is 0 Å². The minimum Gasteiger partial charge on any atom is -0.235 e. The lowest BCUT2D eigenvalue weighted by molar-refractivity contribution is 0.596. The fourth-order valence-electron chi connectivity index (χ4n) is 2.38. The van der Waals surface area contributed by atoms with Gasteiger partial charge in [0.2, 0.25) is 0 Å². The Morgan fingerprint density at radius 1 is 0.750 bits per heavy atom. The van der Waals surface area contributed by atoms with Crippen LogP contribution in [0.1, 0.15) is 5.56 Å². The van der Waals surface area contributed by atoms with Crippen LogP contribution in [-0.2, 0) is 10.0 Å². The first-order valence-corrected chi connectivity index (χ1v) is 9.64. The summed E-state index contributed by atoms with van der Waals surface area (Å²) in [5.41, 5.74) is 2.28. The van der Waals surface area contributed by atoms with Gasteiger partial charge in [-0.1, -0.05) is 51.8 Å². The number of nitrogens with zero attached hydrogens (tertiary/aromatic N) is 1. The summed E-state index contributed by atoms with van der Waals surface area (Å²) in [7, 11) is -3.72. The molecule has 0 saturated heterocycles. The lowest BCUT2D eigenvalue weighted by atomic mass is 10.2. The zero-order valence-electron chi connectivity index (χ0n) is 13.1. The number of anilines is 2. The maximum atomic E-state index is 13.2. The van der Waals surface area contributed by atoms with E-state index in [2.05, 4.69) is 15.9 Å². The minimum atomic E-state index is -3.72. The second-order valence-electron chi connectivity index (χ2n) is 5.39. The van der Waals surface area contributed by atoms with Crippen molar-refractivity contribution in [2.75, 3.05) is 4.31 Å². The van der Waals surface area contributed by atoms with Crippen LogP contribution in [0.5, 0.6) is 0 Å². The molecule has 0 spiro atoms. The number of halogens is 1. The van der Waals surface area contributed by atoms with Crippen LogP contribution >= 0.6 is 15.9 Å². The average molecular weight is 402 g/mol. The quantitative estimate of drug-likeness (QED) is 0.595. The van der Waals surface area contributed by atoms with Gasteiger partial charge in [0, 0.05) is 4.47 Å². The van der Waals surface area contributed by atoms with E-state index in [1.54, 1.807) is 36.4 Å². The first-order chi connectivity index (χ1) is 11.5. The van der Waals surface area contributed by atoms with E-state index in [0.717, 1.165) is 10.0 Å². The highest BCUT2D eigenvalue weighted by molar-refractivity contribution is 9.10. The Bertz CT molecular complexity index is 921. The third kappa shape index (κ3) is 3.37. The van der Waals surface area contributed by atoms with Crippen LogP contribution in [0.25, 0.3) is 0 Å². The number of para-hydroxylation sites is 1. The molecule has 3 nitrogen and oxygen atoms in total. The Hall–Kier alpha value is -2.11. The first kappa shape index (κ1) is 16.7. The van der Waals surface area contributed by atoms with Crippen LogP contribution in [0.3, 0.4) is 0 Å². The molecule has 0 aliphatic carbocycles. The predicted octanol–water partition coefficient (Wildman–Crippen LogP) is 5.28. The normalized spacial score (nSPS) is 11.2. The summed E-state index contributed by atoms with van der Waals surface area (Å²) in [6.07, 6.45) is 0. The Kier molecular flexibility index (Phi) is 4.73. The van der Waals surface area contributed by atoms with Gasteiger partial charge in [-0.25, -0.2) is 12.7 Å². The summed E-state index contributed by atoms with van der Waals surface area (Å²) in [4.78, 5) is 0.245. The van der Waals surface area contributed by atoms with Crippen molar-refractivity contribution in [2.45, 2.75) is 11.8 Å². The molecular formula is C19H16BrNO2S. The fraction of sp³-hybridized carbons (Fsp3) is 0.0526. The third-order valence-electron chi connectivity index (χ3n) is 3.61. The summed E-state index contributed by atoms with van der Waals surface area (Å²) in [6, 6.07) is 23.2. The molecule has 0 aliphatic heterocycles. The molecule has 0 heterocycles. The van der Waals surface area contributed by atoms with Crippen molar-refractivity contribution < 1.29 is 8.42 Å². The molecule has 122 valence electrons. The third-order valence-corrected chi connectivity index (χ3v) is 5.91. The summed E-state index contributed by atoms with van der Waals surface area (Å²) in [5, 5.41) is 0. The topological polar surface area (TPSA) is 37.4 Å². The zero-order chi connectivity index (χ0) is 17.2. The Morgan fingerprint density at radius 3 is 1.88 bits per heavy atom. The highest BCUT2D eigenvalue weighted by atomic mass is 79.9. The van der Waals surface area contributed by atoms with E-state index < -0.39 is 10.0 Å². The van der Waals surface area contributed by atoms with Crippen molar-refractivity contribution in [3.63, 3.8) is 0 Å². The predicted molar refractivity (Wildman–Crippen MR) is 101 cm³/mol. The molecular weight excluding hydrogens is 386 g/mol. The van der Waals surface area contributed by atoms with Crippen molar-refractivity contribution >= 4 is 37.3 Å². The highest BCUT2D eigenvalue weighted by Gasteiger charge is 2.26. The van der Waals surface area contributed by atoms with E-state index in [-0.39, 0.29) is 4.90 Å². The zero-order valence-corrected chi connectivity index (χ0v) is 15.5. The number of aryl methyl sites for hydroxylation is 1. The monoisotopic (exact) mass is 401 g/mol. The van der Waals surface area contributed by atoms with E-state index in [1.165, 1.54) is 4.31 Å². The van der Waals surface area contributed by atoms with E-state index in [0.29, 0.717) is 11.4 Å². The van der Waals surface area contributed by atoms with Crippen LogP contribution in [0, 0.1) is 6.92 Å². The molecule has 3 rings (SSSR count).